The molecule has 0 radical (unpaired) electrons. The summed E-state index contributed by atoms with van der Waals surface area (Å²) < 4.78 is 0. The van der Waals surface area contributed by atoms with Gasteiger partial charge in [-0.15, -0.1) is 11.3 Å². The van der Waals surface area contributed by atoms with Crippen LogP contribution in [0, 0.1) is 0 Å². The van der Waals surface area contributed by atoms with Gasteiger partial charge in [0.15, 0.2) is 0 Å². The average Bonchev–Trinajstić information content (AvgIpc) is 2.98. The van der Waals surface area contributed by atoms with Crippen LogP contribution in [0.25, 0.3) is 0 Å². The van der Waals surface area contributed by atoms with Crippen molar-refractivity contribution in [1.82, 2.24) is 14.9 Å². The molecule has 21 heavy (non-hydrogen) atoms. The van der Waals surface area contributed by atoms with Crippen LogP contribution in [-0.4, -0.2) is 34.9 Å². The number of amides is 1. The Hall–Kier alpha value is -1.95. The molecule has 0 saturated heterocycles. The maximum absolute atomic E-state index is 12.6. The molecule has 2 aromatic rings. The van der Waals surface area contributed by atoms with Gasteiger partial charge < -0.3 is 10.2 Å². The maximum Gasteiger partial charge on any atom is 0.254 e. The topological polar surface area (TPSA) is 58.1 Å². The standard InChI is InChI=1S/C15H20N4OS/c1-10(2)13-5-11(6-14(16-3)18-13)15(20)19(4)7-12-8-21-9-17-12/h5-6,8-10H,7H2,1-4H3,(H,16,18). The summed E-state index contributed by atoms with van der Waals surface area (Å²) in [6.45, 7) is 4.64. The van der Waals surface area contributed by atoms with E-state index in [2.05, 4.69) is 29.1 Å². The number of carbonyl (C=O) groups excluding carboxylic acids is 1. The first-order valence-corrected chi connectivity index (χ1v) is 7.77. The van der Waals surface area contributed by atoms with E-state index in [0.29, 0.717) is 17.9 Å². The number of aromatic nitrogens is 2. The number of carbonyl (C=O) groups is 1. The van der Waals surface area contributed by atoms with E-state index in [4.69, 9.17) is 0 Å². The fourth-order valence-corrected chi connectivity index (χ4v) is 2.50. The molecule has 0 bridgehead atoms. The fraction of sp³-hybridized carbons (Fsp3) is 0.400. The van der Waals surface area contributed by atoms with Gasteiger partial charge in [-0.1, -0.05) is 13.8 Å². The van der Waals surface area contributed by atoms with Crippen LogP contribution in [0.1, 0.15) is 41.5 Å². The third kappa shape index (κ3) is 3.78. The summed E-state index contributed by atoms with van der Waals surface area (Å²) in [4.78, 5) is 22.9. The highest BCUT2D eigenvalue weighted by Crippen LogP contribution is 2.19. The van der Waals surface area contributed by atoms with Crippen LogP contribution in [0.3, 0.4) is 0 Å². The first-order valence-electron chi connectivity index (χ1n) is 6.83. The molecular weight excluding hydrogens is 284 g/mol. The molecule has 0 aliphatic heterocycles. The van der Waals surface area contributed by atoms with Crippen molar-refractivity contribution in [1.29, 1.82) is 0 Å². The number of hydrogen-bond acceptors (Lipinski definition) is 5. The fourth-order valence-electron chi connectivity index (χ4n) is 1.95. The minimum Gasteiger partial charge on any atom is -0.373 e. The van der Waals surface area contributed by atoms with Crippen molar-refractivity contribution in [2.45, 2.75) is 26.3 Å². The van der Waals surface area contributed by atoms with E-state index in [1.165, 1.54) is 11.3 Å². The van der Waals surface area contributed by atoms with Crippen LogP contribution in [0.2, 0.25) is 0 Å². The van der Waals surface area contributed by atoms with Crippen LogP contribution in [0.5, 0.6) is 0 Å². The molecule has 5 nitrogen and oxygen atoms in total. The van der Waals surface area contributed by atoms with Crippen molar-refractivity contribution < 1.29 is 4.79 Å². The third-order valence-corrected chi connectivity index (χ3v) is 3.80. The van der Waals surface area contributed by atoms with Gasteiger partial charge in [0, 0.05) is 30.7 Å². The van der Waals surface area contributed by atoms with E-state index >= 15 is 0 Å². The van der Waals surface area contributed by atoms with Gasteiger partial charge in [-0.05, 0) is 18.1 Å². The second kappa shape index (κ2) is 6.67. The maximum atomic E-state index is 12.6. The normalized spacial score (nSPS) is 10.7. The smallest absolute Gasteiger partial charge is 0.254 e. The highest BCUT2D eigenvalue weighted by atomic mass is 32.1. The minimum atomic E-state index is -0.0243. The Morgan fingerprint density at radius 1 is 1.43 bits per heavy atom. The Morgan fingerprint density at radius 2 is 2.19 bits per heavy atom. The first-order chi connectivity index (χ1) is 10.0. The Morgan fingerprint density at radius 3 is 2.76 bits per heavy atom. The molecule has 2 rings (SSSR count). The van der Waals surface area contributed by atoms with Crippen LogP contribution in [0.4, 0.5) is 5.82 Å². The summed E-state index contributed by atoms with van der Waals surface area (Å²) in [5.41, 5.74) is 4.24. The Balaban J connectivity index is 2.23. The van der Waals surface area contributed by atoms with E-state index in [9.17, 15) is 4.79 Å². The highest BCUT2D eigenvalue weighted by molar-refractivity contribution is 7.07. The molecule has 2 heterocycles. The number of nitrogens with one attached hydrogen (secondary N) is 1. The average molecular weight is 304 g/mol. The molecular formula is C15H20N4OS. The SMILES string of the molecule is CNc1cc(C(=O)N(C)Cc2cscn2)cc(C(C)C)n1. The van der Waals surface area contributed by atoms with Crippen LogP contribution in [-0.2, 0) is 6.54 Å². The molecule has 0 aliphatic carbocycles. The zero-order valence-corrected chi connectivity index (χ0v) is 13.6. The van der Waals surface area contributed by atoms with E-state index in [1.54, 1.807) is 30.6 Å². The molecule has 0 saturated carbocycles. The van der Waals surface area contributed by atoms with E-state index in [0.717, 1.165) is 11.4 Å². The number of pyridine rings is 1. The summed E-state index contributed by atoms with van der Waals surface area (Å²) in [6.07, 6.45) is 0. The molecule has 0 aromatic carbocycles. The van der Waals surface area contributed by atoms with Crippen LogP contribution >= 0.6 is 11.3 Å². The number of thiazole rings is 1. The van der Waals surface area contributed by atoms with Crippen molar-refractivity contribution in [3.63, 3.8) is 0 Å². The quantitative estimate of drug-likeness (QED) is 0.922. The lowest BCUT2D eigenvalue weighted by atomic mass is 10.1. The lowest BCUT2D eigenvalue weighted by molar-refractivity contribution is 0.0783. The lowest BCUT2D eigenvalue weighted by Gasteiger charge is -2.17. The van der Waals surface area contributed by atoms with Crippen LogP contribution < -0.4 is 5.32 Å². The lowest BCUT2D eigenvalue weighted by Crippen LogP contribution is -2.26. The van der Waals surface area contributed by atoms with Gasteiger partial charge in [-0.3, -0.25) is 4.79 Å². The molecule has 0 unspecified atom stereocenters. The van der Waals surface area contributed by atoms with Crippen molar-refractivity contribution >= 4 is 23.1 Å². The Kier molecular flexibility index (Phi) is 4.90. The molecule has 2 aromatic heterocycles. The van der Waals surface area contributed by atoms with Gasteiger partial charge in [0.05, 0.1) is 17.7 Å². The predicted molar refractivity (Wildman–Crippen MR) is 85.8 cm³/mol. The molecule has 112 valence electrons. The minimum absolute atomic E-state index is 0.0243. The van der Waals surface area contributed by atoms with Gasteiger partial charge in [-0.2, -0.15) is 0 Å². The molecule has 1 amide bonds. The van der Waals surface area contributed by atoms with E-state index in [-0.39, 0.29) is 11.8 Å². The van der Waals surface area contributed by atoms with Crippen molar-refractivity contribution in [3.05, 3.63) is 40.0 Å². The van der Waals surface area contributed by atoms with Gasteiger partial charge in [0.25, 0.3) is 5.91 Å². The predicted octanol–water partition coefficient (Wildman–Crippen LogP) is 2.98. The van der Waals surface area contributed by atoms with E-state index < -0.39 is 0 Å². The Bertz CT molecular complexity index is 610. The molecule has 1 N–H and O–H groups in total. The van der Waals surface area contributed by atoms with Crippen LogP contribution in [0.15, 0.2) is 23.0 Å². The second-order valence-electron chi connectivity index (χ2n) is 5.21. The summed E-state index contributed by atoms with van der Waals surface area (Å²) in [7, 11) is 3.59. The summed E-state index contributed by atoms with van der Waals surface area (Å²) in [5, 5.41) is 4.96. The third-order valence-electron chi connectivity index (χ3n) is 3.17. The zero-order chi connectivity index (χ0) is 15.4. The monoisotopic (exact) mass is 304 g/mol. The molecule has 0 spiro atoms. The van der Waals surface area contributed by atoms with Gasteiger partial charge in [-0.25, -0.2) is 9.97 Å². The number of hydrogen-bond donors (Lipinski definition) is 1. The number of anilines is 1. The molecule has 0 aliphatic rings. The summed E-state index contributed by atoms with van der Waals surface area (Å²) in [6, 6.07) is 3.65. The van der Waals surface area contributed by atoms with Crippen molar-refractivity contribution in [2.24, 2.45) is 0 Å². The first kappa shape index (κ1) is 15.4. The largest absolute Gasteiger partial charge is 0.373 e. The van der Waals surface area contributed by atoms with Gasteiger partial charge >= 0.3 is 0 Å². The molecule has 0 fully saturated rings. The Labute approximate surface area is 129 Å². The molecule has 6 heteroatoms. The number of rotatable bonds is 5. The molecule has 0 atom stereocenters. The summed E-state index contributed by atoms with van der Waals surface area (Å²) in [5.74, 6) is 0.962. The number of nitrogens with zero attached hydrogens (tertiary/aromatic N) is 3. The van der Waals surface area contributed by atoms with Crippen molar-refractivity contribution in [2.75, 3.05) is 19.4 Å². The van der Waals surface area contributed by atoms with Crippen molar-refractivity contribution in [3.8, 4) is 0 Å². The van der Waals surface area contributed by atoms with Gasteiger partial charge in [0.1, 0.15) is 5.82 Å². The highest BCUT2D eigenvalue weighted by Gasteiger charge is 2.16. The zero-order valence-electron chi connectivity index (χ0n) is 12.8. The van der Waals surface area contributed by atoms with E-state index in [1.807, 2.05) is 11.4 Å². The second-order valence-corrected chi connectivity index (χ2v) is 5.93. The summed E-state index contributed by atoms with van der Waals surface area (Å²) >= 11 is 1.53. The van der Waals surface area contributed by atoms with Gasteiger partial charge in [0.2, 0.25) is 0 Å².